The summed E-state index contributed by atoms with van der Waals surface area (Å²) in [5, 5.41) is 6.08. The quantitative estimate of drug-likeness (QED) is 0.889. The van der Waals surface area contributed by atoms with Crippen molar-refractivity contribution in [2.24, 2.45) is 0 Å². The zero-order valence-corrected chi connectivity index (χ0v) is 13.8. The molecule has 0 saturated carbocycles. The van der Waals surface area contributed by atoms with Gasteiger partial charge in [0.05, 0.1) is 5.56 Å². The van der Waals surface area contributed by atoms with E-state index in [-0.39, 0.29) is 5.91 Å². The standard InChI is InChI=1S/C19H19F3N2O/c1-12(25)24-10-13-8-15-6-7-23-11-18(15)17(9-13)14-2-4-16(5-3-14)19(20,21)22/h2-5,8-9,23H,6-7,10-11H2,1H3,(H,24,25). The van der Waals surface area contributed by atoms with Gasteiger partial charge in [-0.1, -0.05) is 18.2 Å². The third kappa shape index (κ3) is 4.02. The van der Waals surface area contributed by atoms with Crippen LogP contribution >= 0.6 is 0 Å². The number of hydrogen-bond donors (Lipinski definition) is 2. The molecule has 25 heavy (non-hydrogen) atoms. The normalized spacial score (nSPS) is 14.1. The summed E-state index contributed by atoms with van der Waals surface area (Å²) in [6.07, 6.45) is -3.48. The van der Waals surface area contributed by atoms with Gasteiger partial charge in [0.25, 0.3) is 0 Å². The van der Waals surface area contributed by atoms with E-state index in [0.717, 1.165) is 47.4 Å². The van der Waals surface area contributed by atoms with Gasteiger partial charge in [-0.3, -0.25) is 4.79 Å². The molecule has 0 radical (unpaired) electrons. The number of fused-ring (bicyclic) bond motifs is 1. The zero-order chi connectivity index (χ0) is 18.0. The monoisotopic (exact) mass is 348 g/mol. The van der Waals surface area contributed by atoms with Crippen molar-refractivity contribution in [1.29, 1.82) is 0 Å². The Bertz CT molecular complexity index is 782. The van der Waals surface area contributed by atoms with E-state index in [0.29, 0.717) is 13.1 Å². The minimum absolute atomic E-state index is 0.115. The topological polar surface area (TPSA) is 41.1 Å². The molecule has 2 N–H and O–H groups in total. The van der Waals surface area contributed by atoms with Crippen LogP contribution in [0.4, 0.5) is 13.2 Å². The highest BCUT2D eigenvalue weighted by Gasteiger charge is 2.30. The first-order chi connectivity index (χ1) is 11.8. The Kier molecular flexibility index (Phi) is 4.81. The smallest absolute Gasteiger partial charge is 0.352 e. The highest BCUT2D eigenvalue weighted by molar-refractivity contribution is 5.73. The molecule has 0 aromatic heterocycles. The third-order valence-electron chi connectivity index (χ3n) is 4.34. The fourth-order valence-corrected chi connectivity index (χ4v) is 3.09. The summed E-state index contributed by atoms with van der Waals surface area (Å²) in [5.41, 5.74) is 4.24. The molecule has 0 spiro atoms. The van der Waals surface area contributed by atoms with E-state index in [4.69, 9.17) is 0 Å². The zero-order valence-electron chi connectivity index (χ0n) is 13.8. The number of nitrogens with one attached hydrogen (secondary N) is 2. The third-order valence-corrected chi connectivity index (χ3v) is 4.34. The van der Waals surface area contributed by atoms with Gasteiger partial charge in [-0.25, -0.2) is 0 Å². The van der Waals surface area contributed by atoms with Gasteiger partial charge in [-0.2, -0.15) is 13.2 Å². The van der Waals surface area contributed by atoms with Crippen LogP contribution in [0.2, 0.25) is 0 Å². The molecule has 0 atom stereocenters. The Labute approximate surface area is 144 Å². The molecule has 2 aromatic carbocycles. The molecule has 0 saturated heterocycles. The molecular formula is C19H19F3N2O. The summed E-state index contributed by atoms with van der Waals surface area (Å²) in [7, 11) is 0. The number of amides is 1. The van der Waals surface area contributed by atoms with Crippen LogP contribution < -0.4 is 10.6 Å². The molecule has 0 bridgehead atoms. The Morgan fingerprint density at radius 1 is 1.20 bits per heavy atom. The van der Waals surface area contributed by atoms with Gasteiger partial charge < -0.3 is 10.6 Å². The van der Waals surface area contributed by atoms with E-state index in [2.05, 4.69) is 16.7 Å². The number of halogens is 3. The number of carbonyl (C=O) groups is 1. The van der Waals surface area contributed by atoms with Crippen LogP contribution in [0.25, 0.3) is 11.1 Å². The van der Waals surface area contributed by atoms with Crippen LogP contribution in [0.5, 0.6) is 0 Å². The van der Waals surface area contributed by atoms with Crippen LogP contribution in [-0.4, -0.2) is 12.5 Å². The molecule has 6 heteroatoms. The number of benzene rings is 2. The van der Waals surface area contributed by atoms with Gasteiger partial charge >= 0.3 is 6.18 Å². The van der Waals surface area contributed by atoms with Gasteiger partial charge in [0, 0.05) is 20.0 Å². The Balaban J connectivity index is 2.01. The van der Waals surface area contributed by atoms with E-state index in [1.165, 1.54) is 24.6 Å². The molecule has 1 aliphatic rings. The predicted molar refractivity (Wildman–Crippen MR) is 89.8 cm³/mol. The average Bonchev–Trinajstić information content (AvgIpc) is 2.58. The minimum atomic E-state index is -4.34. The second-order valence-corrected chi connectivity index (χ2v) is 6.19. The van der Waals surface area contributed by atoms with Crippen LogP contribution in [0.1, 0.15) is 29.2 Å². The molecule has 3 rings (SSSR count). The van der Waals surface area contributed by atoms with Gasteiger partial charge in [0.1, 0.15) is 0 Å². The molecule has 1 aliphatic heterocycles. The van der Waals surface area contributed by atoms with Crippen molar-refractivity contribution in [3.63, 3.8) is 0 Å². The van der Waals surface area contributed by atoms with Crippen molar-refractivity contribution in [2.45, 2.75) is 32.6 Å². The van der Waals surface area contributed by atoms with Crippen molar-refractivity contribution in [2.75, 3.05) is 6.54 Å². The van der Waals surface area contributed by atoms with E-state index < -0.39 is 11.7 Å². The highest BCUT2D eigenvalue weighted by Crippen LogP contribution is 2.34. The second-order valence-electron chi connectivity index (χ2n) is 6.19. The Morgan fingerprint density at radius 2 is 1.92 bits per heavy atom. The first kappa shape index (κ1) is 17.5. The largest absolute Gasteiger partial charge is 0.416 e. The second kappa shape index (κ2) is 6.88. The summed E-state index contributed by atoms with van der Waals surface area (Å²) in [6.45, 7) is 3.41. The summed E-state index contributed by atoms with van der Waals surface area (Å²) in [6, 6.07) is 9.26. The maximum absolute atomic E-state index is 12.8. The molecular weight excluding hydrogens is 329 g/mol. The lowest BCUT2D eigenvalue weighted by Crippen LogP contribution is -2.25. The van der Waals surface area contributed by atoms with Crippen molar-refractivity contribution in [3.05, 3.63) is 58.7 Å². The first-order valence-electron chi connectivity index (χ1n) is 8.12. The van der Waals surface area contributed by atoms with Crippen LogP contribution in [0.15, 0.2) is 36.4 Å². The van der Waals surface area contributed by atoms with Crippen molar-refractivity contribution >= 4 is 5.91 Å². The maximum Gasteiger partial charge on any atom is 0.416 e. The number of carbonyl (C=O) groups excluding carboxylic acids is 1. The molecule has 2 aromatic rings. The molecule has 1 amide bonds. The highest BCUT2D eigenvalue weighted by atomic mass is 19.4. The fourth-order valence-electron chi connectivity index (χ4n) is 3.09. The number of alkyl halides is 3. The maximum atomic E-state index is 12.8. The molecule has 0 fully saturated rings. The fraction of sp³-hybridized carbons (Fsp3) is 0.316. The van der Waals surface area contributed by atoms with Gasteiger partial charge in [-0.05, 0) is 59.0 Å². The number of hydrogen-bond acceptors (Lipinski definition) is 2. The van der Waals surface area contributed by atoms with Gasteiger partial charge in [-0.15, -0.1) is 0 Å². The lowest BCUT2D eigenvalue weighted by Gasteiger charge is -2.22. The van der Waals surface area contributed by atoms with Crippen molar-refractivity contribution < 1.29 is 18.0 Å². The van der Waals surface area contributed by atoms with E-state index in [9.17, 15) is 18.0 Å². The van der Waals surface area contributed by atoms with E-state index in [1.807, 2.05) is 6.07 Å². The summed E-state index contributed by atoms with van der Waals surface area (Å²) in [5.74, 6) is -0.115. The van der Waals surface area contributed by atoms with Crippen molar-refractivity contribution in [1.82, 2.24) is 10.6 Å². The summed E-state index contributed by atoms with van der Waals surface area (Å²) in [4.78, 5) is 11.2. The lowest BCUT2D eigenvalue weighted by molar-refractivity contribution is -0.137. The molecule has 1 heterocycles. The van der Waals surface area contributed by atoms with Crippen LogP contribution in [0, 0.1) is 0 Å². The van der Waals surface area contributed by atoms with E-state index >= 15 is 0 Å². The van der Waals surface area contributed by atoms with Crippen LogP contribution in [-0.2, 0) is 30.5 Å². The number of rotatable bonds is 3. The molecule has 3 nitrogen and oxygen atoms in total. The predicted octanol–water partition coefficient (Wildman–Crippen LogP) is 3.65. The Hall–Kier alpha value is -2.34. The molecule has 132 valence electrons. The van der Waals surface area contributed by atoms with Crippen molar-refractivity contribution in [3.8, 4) is 11.1 Å². The van der Waals surface area contributed by atoms with Gasteiger partial charge in [0.15, 0.2) is 0 Å². The average molecular weight is 348 g/mol. The summed E-state index contributed by atoms with van der Waals surface area (Å²) >= 11 is 0. The molecule has 0 unspecified atom stereocenters. The minimum Gasteiger partial charge on any atom is -0.352 e. The Morgan fingerprint density at radius 3 is 2.56 bits per heavy atom. The van der Waals surface area contributed by atoms with Gasteiger partial charge in [0.2, 0.25) is 5.91 Å². The first-order valence-corrected chi connectivity index (χ1v) is 8.12. The lowest BCUT2D eigenvalue weighted by atomic mass is 9.89. The van der Waals surface area contributed by atoms with Crippen LogP contribution in [0.3, 0.4) is 0 Å². The summed E-state index contributed by atoms with van der Waals surface area (Å²) < 4.78 is 38.4. The SMILES string of the molecule is CC(=O)NCc1cc2c(c(-c3ccc(C(F)(F)F)cc3)c1)CNCC2. The molecule has 0 aliphatic carbocycles. The van der Waals surface area contributed by atoms with E-state index in [1.54, 1.807) is 0 Å².